The highest BCUT2D eigenvalue weighted by atomic mass is 16.1. The van der Waals surface area contributed by atoms with Crippen LogP contribution in [0.1, 0.15) is 60.3 Å². The van der Waals surface area contributed by atoms with E-state index >= 15 is 0 Å². The zero-order chi connectivity index (χ0) is 22.6. The van der Waals surface area contributed by atoms with E-state index in [0.29, 0.717) is 17.9 Å². The summed E-state index contributed by atoms with van der Waals surface area (Å²) in [6.07, 6.45) is 6.50. The molecule has 1 amide bonds. The molecule has 1 aliphatic carbocycles. The molecule has 0 radical (unpaired) electrons. The zero-order valence-corrected chi connectivity index (χ0v) is 20.5. The van der Waals surface area contributed by atoms with Crippen molar-refractivity contribution in [3.05, 3.63) is 0 Å². The van der Waals surface area contributed by atoms with Crippen molar-refractivity contribution < 1.29 is 9.59 Å². The summed E-state index contributed by atoms with van der Waals surface area (Å²) in [6.45, 7) is 19.8. The van der Waals surface area contributed by atoms with Crippen LogP contribution >= 0.6 is 0 Å². The normalized spacial score (nSPS) is 23.9. The van der Waals surface area contributed by atoms with Crippen LogP contribution in [0, 0.1) is 17.3 Å². The van der Waals surface area contributed by atoms with E-state index in [2.05, 4.69) is 61.7 Å². The number of hydrogen-bond acceptors (Lipinski definition) is 5. The first kappa shape index (κ1) is 27.1. The lowest BCUT2D eigenvalue weighted by Gasteiger charge is -2.36. The lowest BCUT2D eigenvalue weighted by molar-refractivity contribution is -0.110. The average molecular weight is 425 g/mol. The van der Waals surface area contributed by atoms with Crippen molar-refractivity contribution in [2.75, 3.05) is 59.4 Å². The fraction of sp³-hybridized carbons (Fsp3) is 0.917. The van der Waals surface area contributed by atoms with Crippen molar-refractivity contribution >= 4 is 12.7 Å². The Kier molecular flexibility index (Phi) is 12.8. The fourth-order valence-corrected chi connectivity index (χ4v) is 4.33. The van der Waals surface area contributed by atoms with Crippen LogP contribution in [0.15, 0.2) is 0 Å². The maximum Gasteiger partial charge on any atom is 0.207 e. The van der Waals surface area contributed by atoms with Crippen LogP contribution in [-0.4, -0.2) is 92.8 Å². The number of hydrogen-bond donors (Lipinski definition) is 1. The van der Waals surface area contributed by atoms with Gasteiger partial charge in [-0.05, 0) is 70.5 Å². The van der Waals surface area contributed by atoms with E-state index < -0.39 is 0 Å². The number of carbonyl (C=O) groups excluding carboxylic acids is 2. The summed E-state index contributed by atoms with van der Waals surface area (Å²) in [4.78, 5) is 27.6. The standard InChI is InChI=1S/C10H18N2O.C10H20N2O.C4H10/c1-12-4-2-10(3-5-12)6-9(10)7-11-8-13;1-10(2)12-7-5-11(6-8-12)4-3-9-13;1-4(2)3/h8-9H,2-7H2,1H3,(H,11,13);9-10H,3-8H2,1-2H3;4H,1-3H3. The second-order valence-electron chi connectivity index (χ2n) is 10.3. The summed E-state index contributed by atoms with van der Waals surface area (Å²) in [7, 11) is 2.19. The van der Waals surface area contributed by atoms with Gasteiger partial charge in [-0.3, -0.25) is 9.69 Å². The lowest BCUT2D eigenvalue weighted by atomic mass is 9.91. The van der Waals surface area contributed by atoms with E-state index in [-0.39, 0.29) is 0 Å². The Hall–Kier alpha value is -0.980. The molecule has 2 saturated heterocycles. The number of piperazine rings is 1. The highest BCUT2D eigenvalue weighted by Gasteiger charge is 2.53. The molecule has 0 bridgehead atoms. The Morgan fingerprint density at radius 2 is 1.53 bits per heavy atom. The van der Waals surface area contributed by atoms with Crippen molar-refractivity contribution in [3.63, 3.8) is 0 Å². The molecule has 2 aliphatic heterocycles. The second-order valence-corrected chi connectivity index (χ2v) is 10.3. The SMILES string of the molecule is CC(C)C.CC(C)N1CCN(CCC=O)CC1.CN1CCC2(CC1)CC2CNC=O. The molecule has 6 heteroatoms. The molecule has 1 N–H and O–H groups in total. The van der Waals surface area contributed by atoms with Crippen LogP contribution in [0.4, 0.5) is 0 Å². The molecular formula is C24H48N4O2. The number of carbonyl (C=O) groups is 2. The molecule has 0 aromatic heterocycles. The van der Waals surface area contributed by atoms with Crippen LogP contribution < -0.4 is 5.32 Å². The molecule has 3 rings (SSSR count). The fourth-order valence-electron chi connectivity index (χ4n) is 4.33. The van der Waals surface area contributed by atoms with Crippen LogP contribution in [0.3, 0.4) is 0 Å². The molecule has 1 spiro atoms. The first-order chi connectivity index (χ1) is 14.2. The van der Waals surface area contributed by atoms with Gasteiger partial charge in [-0.1, -0.05) is 20.8 Å². The number of piperidine rings is 1. The van der Waals surface area contributed by atoms with Crippen LogP contribution in [0.2, 0.25) is 0 Å². The van der Waals surface area contributed by atoms with Gasteiger partial charge in [0, 0.05) is 51.7 Å². The van der Waals surface area contributed by atoms with E-state index in [1.54, 1.807) is 0 Å². The monoisotopic (exact) mass is 424 g/mol. The minimum atomic E-state index is 0.614. The van der Waals surface area contributed by atoms with Gasteiger partial charge < -0.3 is 19.9 Å². The number of nitrogens with zero attached hydrogens (tertiary/aromatic N) is 3. The molecule has 1 atom stereocenters. The molecule has 1 saturated carbocycles. The first-order valence-electron chi connectivity index (χ1n) is 12.0. The molecule has 2 heterocycles. The van der Waals surface area contributed by atoms with Gasteiger partial charge in [-0.25, -0.2) is 0 Å². The Labute approximate surface area is 185 Å². The van der Waals surface area contributed by atoms with Gasteiger partial charge in [0.15, 0.2) is 0 Å². The van der Waals surface area contributed by atoms with Crippen LogP contribution in [0.25, 0.3) is 0 Å². The predicted octanol–water partition coefficient (Wildman–Crippen LogP) is 2.73. The van der Waals surface area contributed by atoms with Gasteiger partial charge in [-0.15, -0.1) is 0 Å². The Morgan fingerprint density at radius 1 is 0.967 bits per heavy atom. The maximum absolute atomic E-state index is 10.2. The van der Waals surface area contributed by atoms with Crippen molar-refractivity contribution in [2.24, 2.45) is 17.3 Å². The second kappa shape index (κ2) is 14.2. The molecule has 176 valence electrons. The van der Waals surface area contributed by atoms with Crippen molar-refractivity contribution in [2.45, 2.75) is 66.3 Å². The van der Waals surface area contributed by atoms with Gasteiger partial charge in [0.2, 0.25) is 6.41 Å². The quantitative estimate of drug-likeness (QED) is 0.637. The topological polar surface area (TPSA) is 55.9 Å². The summed E-state index contributed by atoms with van der Waals surface area (Å²) in [5.74, 6) is 1.60. The summed E-state index contributed by atoms with van der Waals surface area (Å²) in [6, 6.07) is 0.660. The first-order valence-corrected chi connectivity index (χ1v) is 12.0. The Morgan fingerprint density at radius 3 is 2.00 bits per heavy atom. The van der Waals surface area contributed by atoms with Crippen LogP contribution in [0.5, 0.6) is 0 Å². The minimum Gasteiger partial charge on any atom is -0.358 e. The number of rotatable bonds is 7. The lowest BCUT2D eigenvalue weighted by Crippen LogP contribution is -2.48. The highest BCUT2D eigenvalue weighted by Crippen LogP contribution is 2.58. The molecule has 3 fully saturated rings. The molecule has 1 unspecified atom stereocenters. The third-order valence-corrected chi connectivity index (χ3v) is 6.49. The Balaban J connectivity index is 0.000000256. The molecule has 6 nitrogen and oxygen atoms in total. The third kappa shape index (κ3) is 10.4. The van der Waals surface area contributed by atoms with Gasteiger partial charge in [-0.2, -0.15) is 0 Å². The molecule has 3 aliphatic rings. The van der Waals surface area contributed by atoms with Gasteiger partial charge in [0.1, 0.15) is 6.29 Å². The smallest absolute Gasteiger partial charge is 0.207 e. The van der Waals surface area contributed by atoms with Gasteiger partial charge >= 0.3 is 0 Å². The van der Waals surface area contributed by atoms with E-state index in [9.17, 15) is 9.59 Å². The number of amides is 1. The van der Waals surface area contributed by atoms with Crippen LogP contribution in [-0.2, 0) is 9.59 Å². The highest BCUT2D eigenvalue weighted by molar-refractivity contribution is 5.49. The average Bonchev–Trinajstić information content (AvgIpc) is 3.39. The van der Waals surface area contributed by atoms with E-state index in [1.165, 1.54) is 32.4 Å². The van der Waals surface area contributed by atoms with E-state index in [0.717, 1.165) is 63.8 Å². The summed E-state index contributed by atoms with van der Waals surface area (Å²) >= 11 is 0. The maximum atomic E-state index is 10.2. The Bertz CT molecular complexity index is 465. The van der Waals surface area contributed by atoms with Crippen molar-refractivity contribution in [1.29, 1.82) is 0 Å². The van der Waals surface area contributed by atoms with Gasteiger partial charge in [0.25, 0.3) is 0 Å². The molecule has 0 aromatic carbocycles. The summed E-state index contributed by atoms with van der Waals surface area (Å²) in [5, 5.41) is 2.80. The van der Waals surface area contributed by atoms with E-state index in [4.69, 9.17) is 0 Å². The minimum absolute atomic E-state index is 0.614. The van der Waals surface area contributed by atoms with Crippen molar-refractivity contribution in [3.8, 4) is 0 Å². The third-order valence-electron chi connectivity index (χ3n) is 6.49. The zero-order valence-electron chi connectivity index (χ0n) is 20.5. The number of likely N-dealkylation sites (tertiary alicyclic amines) is 1. The largest absolute Gasteiger partial charge is 0.358 e. The molecule has 0 aromatic rings. The van der Waals surface area contributed by atoms with E-state index in [1.807, 2.05) is 0 Å². The predicted molar refractivity (Wildman–Crippen MR) is 126 cm³/mol. The van der Waals surface area contributed by atoms with Gasteiger partial charge in [0.05, 0.1) is 0 Å². The molecule has 30 heavy (non-hydrogen) atoms. The number of aldehydes is 1. The summed E-state index contributed by atoms with van der Waals surface area (Å²) in [5.41, 5.74) is 0.614. The summed E-state index contributed by atoms with van der Waals surface area (Å²) < 4.78 is 0. The van der Waals surface area contributed by atoms with Crippen molar-refractivity contribution in [1.82, 2.24) is 20.0 Å². The molecular weight excluding hydrogens is 376 g/mol. The number of nitrogens with one attached hydrogen (secondary N) is 1.